The van der Waals surface area contributed by atoms with E-state index in [1.165, 1.54) is 6.07 Å². The molecule has 9 heteroatoms. The number of hydrogen-bond acceptors (Lipinski definition) is 6. The zero-order valence-corrected chi connectivity index (χ0v) is 27.9. The summed E-state index contributed by atoms with van der Waals surface area (Å²) in [5.41, 5.74) is 3.33. The van der Waals surface area contributed by atoms with E-state index in [1.807, 2.05) is 19.1 Å². The van der Waals surface area contributed by atoms with Gasteiger partial charge in [0.1, 0.15) is 34.8 Å². The molecule has 3 saturated heterocycles. The highest BCUT2D eigenvalue weighted by Crippen LogP contribution is 2.44. The molecule has 6 bridgehead atoms. The highest BCUT2D eigenvalue weighted by atomic mass is 19.1. The molecular weight excluding hydrogens is 609 g/mol. The smallest absolute Gasteiger partial charge is 0.175 e. The average Bonchev–Trinajstić information content (AvgIpc) is 3.60. The second kappa shape index (κ2) is 12.6. The number of alkyl halides is 1. The number of benzene rings is 2. The van der Waals surface area contributed by atoms with Crippen LogP contribution in [0.4, 0.5) is 19.0 Å². The predicted octanol–water partition coefficient (Wildman–Crippen LogP) is 7.99. The molecule has 2 unspecified atom stereocenters. The van der Waals surface area contributed by atoms with E-state index in [-0.39, 0.29) is 22.6 Å². The molecule has 252 valence electrons. The van der Waals surface area contributed by atoms with Crippen LogP contribution in [-0.2, 0) is 12.8 Å². The second-order valence-electron chi connectivity index (χ2n) is 14.8. The summed E-state index contributed by atoms with van der Waals surface area (Å²) in [6.45, 7) is 10.1. The van der Waals surface area contributed by atoms with E-state index in [0.717, 1.165) is 100 Å². The van der Waals surface area contributed by atoms with Gasteiger partial charge in [-0.1, -0.05) is 18.7 Å². The van der Waals surface area contributed by atoms with Gasteiger partial charge < -0.3 is 10.2 Å². The molecule has 7 heterocycles. The predicted molar refractivity (Wildman–Crippen MR) is 186 cm³/mol. The van der Waals surface area contributed by atoms with Gasteiger partial charge in [-0.3, -0.25) is 9.88 Å². The summed E-state index contributed by atoms with van der Waals surface area (Å²) in [7, 11) is 0. The Morgan fingerprint density at radius 3 is 2.83 bits per heavy atom. The van der Waals surface area contributed by atoms with Gasteiger partial charge in [-0.2, -0.15) is 0 Å². The average molecular weight is 655 g/mol. The summed E-state index contributed by atoms with van der Waals surface area (Å²) >= 11 is 0. The minimum absolute atomic E-state index is 0.168. The molecule has 1 N–H and O–H groups in total. The number of rotatable bonds is 3. The lowest BCUT2D eigenvalue weighted by Gasteiger charge is -2.35. The van der Waals surface area contributed by atoms with Crippen molar-refractivity contribution in [3.8, 4) is 11.3 Å². The Labute approximate surface area is 280 Å². The van der Waals surface area contributed by atoms with Crippen molar-refractivity contribution >= 4 is 27.5 Å². The molecule has 3 atom stereocenters. The number of anilines is 1. The van der Waals surface area contributed by atoms with E-state index < -0.39 is 12.0 Å². The number of piperidine rings is 1. The summed E-state index contributed by atoms with van der Waals surface area (Å²) in [5.74, 6) is 0.977. The molecule has 2 aromatic carbocycles. The number of aryl methyl sites for hydroxylation is 3. The van der Waals surface area contributed by atoms with Crippen LogP contribution in [0.15, 0.2) is 42.7 Å². The zero-order valence-electron chi connectivity index (χ0n) is 27.9. The summed E-state index contributed by atoms with van der Waals surface area (Å²) in [4.78, 5) is 19.4. The van der Waals surface area contributed by atoms with Crippen LogP contribution in [0.25, 0.3) is 32.9 Å². The van der Waals surface area contributed by atoms with E-state index in [2.05, 4.69) is 21.7 Å². The Kier molecular flexibility index (Phi) is 8.30. The third kappa shape index (κ3) is 5.71. The van der Waals surface area contributed by atoms with E-state index in [1.54, 1.807) is 12.3 Å². The first kappa shape index (κ1) is 31.5. The molecular formula is C39H45F3N6. The van der Waals surface area contributed by atoms with Gasteiger partial charge in [-0.15, -0.1) is 0 Å². The van der Waals surface area contributed by atoms with Crippen molar-refractivity contribution in [2.24, 2.45) is 5.92 Å². The van der Waals surface area contributed by atoms with E-state index in [0.29, 0.717) is 59.4 Å². The third-order valence-electron chi connectivity index (χ3n) is 11.5. The van der Waals surface area contributed by atoms with Gasteiger partial charge in [0.25, 0.3) is 0 Å². The Bertz CT molecular complexity index is 1890. The molecule has 4 aromatic rings. The molecule has 6 nitrogen and oxygen atoms in total. The molecule has 0 aliphatic carbocycles. The molecule has 5 aliphatic rings. The zero-order chi connectivity index (χ0) is 33.0. The van der Waals surface area contributed by atoms with Crippen molar-refractivity contribution in [1.29, 1.82) is 0 Å². The number of nitrogens with one attached hydrogen (secondary N) is 1. The lowest BCUT2D eigenvalue weighted by molar-refractivity contribution is 0.181. The van der Waals surface area contributed by atoms with Crippen molar-refractivity contribution in [2.45, 2.75) is 89.3 Å². The molecule has 48 heavy (non-hydrogen) atoms. The Balaban J connectivity index is 1.29. The maximum absolute atomic E-state index is 17.1. The van der Waals surface area contributed by atoms with Gasteiger partial charge in [-0.05, 0) is 118 Å². The highest BCUT2D eigenvalue weighted by molar-refractivity contribution is 6.01. The summed E-state index contributed by atoms with van der Waals surface area (Å²) < 4.78 is 47.4. The van der Waals surface area contributed by atoms with Crippen LogP contribution < -0.4 is 10.2 Å². The Morgan fingerprint density at radius 1 is 1.04 bits per heavy atom. The first-order valence-corrected chi connectivity index (χ1v) is 17.9. The van der Waals surface area contributed by atoms with Crippen molar-refractivity contribution < 1.29 is 13.2 Å². The van der Waals surface area contributed by atoms with Gasteiger partial charge in [0.05, 0.1) is 5.39 Å². The van der Waals surface area contributed by atoms with Crippen molar-refractivity contribution in [3.63, 3.8) is 0 Å². The van der Waals surface area contributed by atoms with Crippen molar-refractivity contribution in [3.05, 3.63) is 71.3 Å². The number of hydrogen-bond donors (Lipinski definition) is 1. The lowest BCUT2D eigenvalue weighted by Crippen LogP contribution is -2.39. The van der Waals surface area contributed by atoms with E-state index >= 15 is 8.78 Å². The van der Waals surface area contributed by atoms with Crippen molar-refractivity contribution in [2.75, 3.05) is 37.6 Å². The Hall–Kier alpha value is -3.72. The van der Waals surface area contributed by atoms with Gasteiger partial charge in [-0.25, -0.2) is 23.1 Å². The number of fused-ring (bicyclic) bond motifs is 8. The molecule has 3 fully saturated rings. The topological polar surface area (TPSA) is 57.2 Å². The number of pyridine rings is 1. The number of aromatic nitrogens is 3. The number of allylic oxidation sites excluding steroid dienone is 1. The van der Waals surface area contributed by atoms with Crippen LogP contribution in [0.1, 0.15) is 74.7 Å². The van der Waals surface area contributed by atoms with Crippen LogP contribution in [0.5, 0.6) is 0 Å². The Morgan fingerprint density at radius 2 is 1.94 bits per heavy atom. The molecule has 5 aliphatic heterocycles. The fourth-order valence-electron chi connectivity index (χ4n) is 9.19. The molecule has 0 amide bonds. The fraction of sp³-hybridized carbons (Fsp3) is 0.513. The van der Waals surface area contributed by atoms with Crippen LogP contribution in [-0.4, -0.2) is 64.3 Å². The first-order valence-electron chi connectivity index (χ1n) is 17.9. The quantitative estimate of drug-likeness (QED) is 0.242. The first-order chi connectivity index (χ1) is 23.3. The maximum atomic E-state index is 17.1. The summed E-state index contributed by atoms with van der Waals surface area (Å²) in [5, 5.41) is 5.69. The molecule has 2 aromatic heterocycles. The molecule has 9 rings (SSSR count). The number of nitrogens with zero attached hydrogens (tertiary/aromatic N) is 5. The highest BCUT2D eigenvalue weighted by Gasteiger charge is 2.48. The normalized spacial score (nSPS) is 25.1. The lowest BCUT2D eigenvalue weighted by atomic mass is 9.88. The number of halogens is 3. The monoisotopic (exact) mass is 654 g/mol. The van der Waals surface area contributed by atoms with E-state index in [4.69, 9.17) is 15.0 Å². The van der Waals surface area contributed by atoms with Crippen LogP contribution in [0.2, 0.25) is 0 Å². The molecule has 0 radical (unpaired) electrons. The van der Waals surface area contributed by atoms with Crippen LogP contribution in [0, 0.1) is 24.5 Å². The van der Waals surface area contributed by atoms with Crippen LogP contribution in [0.3, 0.4) is 0 Å². The maximum Gasteiger partial charge on any atom is 0.175 e. The standard InChI is InChI=1S/C39H45F3N6/c1-24-18-27-9-10-32(41)29-8-3-6-25(2)43-15-12-26-7-4-16-47(22-26)38-31-21-44-36(30(19-24)34(27)29)35(42)37(31)45-33(46-38)11-14-39-13-5-17-48(39)23-28(40)20-39/h9-10,18-19,21,26,28,43H,2-8,11-17,20,22-23H2,1H3/t26?,28?,39-/m1/s1. The fourth-order valence-corrected chi connectivity index (χ4v) is 9.19. The van der Waals surface area contributed by atoms with Crippen LogP contribution >= 0.6 is 0 Å². The summed E-state index contributed by atoms with van der Waals surface area (Å²) in [6.07, 6.45) is 9.92. The van der Waals surface area contributed by atoms with Crippen molar-refractivity contribution in [1.82, 2.24) is 25.2 Å². The van der Waals surface area contributed by atoms with Gasteiger partial charge in [0, 0.05) is 55.6 Å². The third-order valence-corrected chi connectivity index (χ3v) is 11.5. The van der Waals surface area contributed by atoms with E-state index in [9.17, 15) is 4.39 Å². The van der Waals surface area contributed by atoms with Gasteiger partial charge in [0.15, 0.2) is 5.82 Å². The SMILES string of the molecule is C=C1CCCc2c(F)ccc3cc(C)cc(c23)-c2ncc3c(nc(CC[C@@]45CCCN4CC(F)C5)nc3c2F)N2CCCC(CCN1)C2. The minimum Gasteiger partial charge on any atom is -0.389 e. The van der Waals surface area contributed by atoms with Gasteiger partial charge >= 0.3 is 0 Å². The van der Waals surface area contributed by atoms with Gasteiger partial charge in [0.2, 0.25) is 0 Å². The largest absolute Gasteiger partial charge is 0.389 e. The second-order valence-corrected chi connectivity index (χ2v) is 14.8. The molecule has 0 spiro atoms. The summed E-state index contributed by atoms with van der Waals surface area (Å²) in [6, 6.07) is 7.23. The minimum atomic E-state index is -0.805. The molecule has 0 saturated carbocycles.